The van der Waals surface area contributed by atoms with E-state index in [1.807, 2.05) is 0 Å². The number of rotatable bonds is 58. The molecule has 71 heavy (non-hydrogen) atoms. The average Bonchev–Trinajstić information content (AvgIpc) is 3.33. The first-order valence-electron chi connectivity index (χ1n) is 30.6. The van der Waals surface area contributed by atoms with Gasteiger partial charge in [-0.1, -0.05) is 175 Å². The molecule has 0 radical (unpaired) electrons. The molecule has 0 N–H and O–H groups in total. The number of unbranched alkanes of at least 4 members (excludes halogenated alkanes) is 45. The summed E-state index contributed by atoms with van der Waals surface area (Å²) in [5.74, 6) is 0. The SMILES string of the molecule is CCCCCCCCCCCCCCCCCCOP1(=O)[O][In]([O]P(=O)(OCCCCCCCCCCCCCCCCCC)[O][In]2[O]P(=O)(OCCCCCCCCCCCCCCCCCC)[O]2)[O]1. The summed E-state index contributed by atoms with van der Waals surface area (Å²) in [6, 6.07) is 0. The molecule has 0 unspecified atom stereocenters. The normalized spacial score (nSPS) is 15.4. The molecule has 12 nitrogen and oxygen atoms in total. The Kier molecular flexibility index (Phi) is 47.9. The number of phosphoric acid groups is 3. The number of hydrogen-bond donors (Lipinski definition) is 0. The molecule has 2 aliphatic rings. The first-order chi connectivity index (χ1) is 34.8. The Bertz CT molecular complexity index is 1230. The van der Waals surface area contributed by atoms with Crippen LogP contribution in [0.2, 0.25) is 0 Å². The predicted octanol–water partition coefficient (Wildman–Crippen LogP) is 21.2. The van der Waals surface area contributed by atoms with E-state index in [4.69, 9.17) is 29.4 Å². The topological polar surface area (TPSA) is 134 Å². The molecule has 0 atom stereocenters. The van der Waals surface area contributed by atoms with Crippen LogP contribution in [0.3, 0.4) is 0 Å². The molecule has 2 heterocycles. The van der Waals surface area contributed by atoms with Crippen molar-refractivity contribution >= 4 is 69.0 Å². The Balaban J connectivity index is 1.60. The molecule has 0 aromatic carbocycles. The summed E-state index contributed by atoms with van der Waals surface area (Å²) in [6.45, 7) is 7.46. The number of hydrogen-bond acceptors (Lipinski definition) is 12. The van der Waals surface area contributed by atoms with Crippen LogP contribution in [0.4, 0.5) is 0 Å². The zero-order valence-corrected chi connectivity index (χ0v) is 55.7. The van der Waals surface area contributed by atoms with Crippen molar-refractivity contribution in [3.8, 4) is 0 Å². The van der Waals surface area contributed by atoms with Crippen LogP contribution >= 0.6 is 23.5 Å². The van der Waals surface area contributed by atoms with Gasteiger partial charge in [0, 0.05) is 0 Å². The summed E-state index contributed by atoms with van der Waals surface area (Å²) in [5.41, 5.74) is 0. The van der Waals surface area contributed by atoms with Crippen molar-refractivity contribution in [1.29, 1.82) is 0 Å². The molecule has 0 amide bonds. The van der Waals surface area contributed by atoms with Crippen molar-refractivity contribution in [1.82, 2.24) is 0 Å². The van der Waals surface area contributed by atoms with Gasteiger partial charge in [0.25, 0.3) is 0 Å². The molecule has 420 valence electrons. The third-order valence-corrected chi connectivity index (χ3v) is 40.2. The van der Waals surface area contributed by atoms with Gasteiger partial charge in [-0.2, -0.15) is 0 Å². The summed E-state index contributed by atoms with van der Waals surface area (Å²) in [4.78, 5) is 0. The first-order valence-corrected chi connectivity index (χ1v) is 43.0. The van der Waals surface area contributed by atoms with Gasteiger partial charge in [0.15, 0.2) is 0 Å². The van der Waals surface area contributed by atoms with Crippen molar-refractivity contribution in [3.63, 3.8) is 0 Å². The van der Waals surface area contributed by atoms with Gasteiger partial charge in [-0.25, -0.2) is 0 Å². The molecule has 2 rings (SSSR count). The third-order valence-electron chi connectivity index (χ3n) is 14.0. The Morgan fingerprint density at radius 2 is 0.479 bits per heavy atom. The van der Waals surface area contributed by atoms with E-state index < -0.39 is 69.0 Å². The molecule has 17 heteroatoms. The van der Waals surface area contributed by atoms with Crippen LogP contribution in [0.1, 0.15) is 329 Å². The molecule has 0 saturated carbocycles. The van der Waals surface area contributed by atoms with Crippen molar-refractivity contribution in [2.75, 3.05) is 19.8 Å². The second kappa shape index (κ2) is 49.1. The Morgan fingerprint density at radius 1 is 0.296 bits per heavy atom. The van der Waals surface area contributed by atoms with E-state index in [-0.39, 0.29) is 19.8 Å². The minimum absolute atomic E-state index is 0.133. The van der Waals surface area contributed by atoms with Crippen molar-refractivity contribution < 1.29 is 43.1 Å². The van der Waals surface area contributed by atoms with Gasteiger partial charge in [-0.15, -0.1) is 0 Å². The fourth-order valence-electron chi connectivity index (χ4n) is 9.41. The summed E-state index contributed by atoms with van der Waals surface area (Å²) >= 11 is -7.94. The zero-order chi connectivity index (χ0) is 51.1. The molecule has 0 spiro atoms. The first kappa shape index (κ1) is 69.2. The second-order valence-electron chi connectivity index (χ2n) is 21.0. The summed E-state index contributed by atoms with van der Waals surface area (Å²) in [5, 5.41) is 0. The van der Waals surface area contributed by atoms with Crippen LogP contribution in [0, 0.1) is 0 Å². The van der Waals surface area contributed by atoms with Crippen LogP contribution in [-0.4, -0.2) is 65.3 Å². The van der Waals surface area contributed by atoms with Crippen molar-refractivity contribution in [2.24, 2.45) is 0 Å². The molecule has 2 saturated heterocycles. The van der Waals surface area contributed by atoms with E-state index in [1.165, 1.54) is 244 Å². The van der Waals surface area contributed by atoms with E-state index in [0.29, 0.717) is 6.42 Å². The van der Waals surface area contributed by atoms with E-state index in [2.05, 4.69) is 20.8 Å². The summed E-state index contributed by atoms with van der Waals surface area (Å²) in [6.07, 6.45) is 60.5. The summed E-state index contributed by atoms with van der Waals surface area (Å²) < 4.78 is 90.1. The van der Waals surface area contributed by atoms with Gasteiger partial charge in [0.2, 0.25) is 0 Å². The van der Waals surface area contributed by atoms with E-state index >= 15 is 0 Å². The maximum atomic E-state index is 13.9. The van der Waals surface area contributed by atoms with Gasteiger partial charge in [0.05, 0.1) is 0 Å². The Labute approximate surface area is 457 Å². The quantitative estimate of drug-likeness (QED) is 0.0424. The minimum atomic E-state index is -4.26. The van der Waals surface area contributed by atoms with Gasteiger partial charge >= 0.3 is 286 Å². The average molecular weight is 1280 g/mol. The fourth-order valence-corrected chi connectivity index (χ4v) is 34.3. The molecular formula is C54H111In2O12P3. The second-order valence-corrected chi connectivity index (χ2v) is 39.8. The van der Waals surface area contributed by atoms with Gasteiger partial charge in [0.1, 0.15) is 0 Å². The molecule has 2 aliphatic heterocycles. The standard InChI is InChI=1S/3C18H39O4P.2In/c3*1-2-3-4-5-6-7-8-9-10-11-12-13-14-15-16-17-18-22-23(19,20)21;;/h3*2-18H2,1H3,(H2,19,20,21);;/q;;;2*+3/p-6. The van der Waals surface area contributed by atoms with Gasteiger partial charge < -0.3 is 0 Å². The predicted molar refractivity (Wildman–Crippen MR) is 297 cm³/mol. The molecule has 0 bridgehead atoms. The van der Waals surface area contributed by atoms with E-state index in [1.54, 1.807) is 0 Å². The summed E-state index contributed by atoms with van der Waals surface area (Å²) in [7, 11) is -11.8. The molecular weight excluding hydrogens is 1160 g/mol. The molecule has 2 fully saturated rings. The van der Waals surface area contributed by atoms with Crippen LogP contribution in [-0.2, 0) is 43.1 Å². The van der Waals surface area contributed by atoms with Gasteiger partial charge in [-0.05, 0) is 0 Å². The maximum absolute atomic E-state index is 13.9. The monoisotopic (exact) mass is 1270 g/mol. The van der Waals surface area contributed by atoms with Crippen molar-refractivity contribution in [2.45, 2.75) is 329 Å². The third kappa shape index (κ3) is 41.7. The fraction of sp³-hybridized carbons (Fsp3) is 1.00. The van der Waals surface area contributed by atoms with Crippen LogP contribution in [0.5, 0.6) is 0 Å². The van der Waals surface area contributed by atoms with E-state index in [9.17, 15) is 13.7 Å². The van der Waals surface area contributed by atoms with Crippen molar-refractivity contribution in [3.05, 3.63) is 0 Å². The zero-order valence-electron chi connectivity index (χ0n) is 46.5. The van der Waals surface area contributed by atoms with Crippen LogP contribution in [0.15, 0.2) is 0 Å². The van der Waals surface area contributed by atoms with E-state index in [0.717, 1.165) is 57.8 Å². The van der Waals surface area contributed by atoms with Gasteiger partial charge in [-0.3, -0.25) is 0 Å². The molecule has 0 aromatic rings. The Hall–Kier alpha value is 2.07. The van der Waals surface area contributed by atoms with Crippen LogP contribution in [0.25, 0.3) is 0 Å². The molecule has 0 aliphatic carbocycles. The Morgan fingerprint density at radius 3 is 0.690 bits per heavy atom. The molecule has 0 aromatic heterocycles. The van der Waals surface area contributed by atoms with Crippen LogP contribution < -0.4 is 0 Å².